The van der Waals surface area contributed by atoms with Crippen LogP contribution in [0.4, 0.5) is 0 Å². The second-order valence-electron chi connectivity index (χ2n) is 44.8. The molecule has 2 heterocycles. The van der Waals surface area contributed by atoms with Gasteiger partial charge in [-0.05, 0) is 362 Å². The summed E-state index contributed by atoms with van der Waals surface area (Å²) in [5.74, 6) is 18.3. The van der Waals surface area contributed by atoms with E-state index in [4.69, 9.17) is 0 Å². The maximum Gasteiger partial charge on any atom is 0.163 e. The Morgan fingerprint density at radius 1 is 0.268 bits per heavy atom. The molecule has 31 rings (SSSR count). The molecule has 12 bridgehead atoms. The predicted molar refractivity (Wildman–Crippen MR) is 607 cm³/mol. The first-order valence-electron chi connectivity index (χ1n) is 61.1. The van der Waals surface area contributed by atoms with E-state index < -0.39 is 0 Å². The highest BCUT2D eigenvalue weighted by Gasteiger charge is 2.42. The molecule has 0 amide bonds. The number of hydrogen-bond acceptors (Lipinski definition) is 3. The van der Waals surface area contributed by atoms with Crippen molar-refractivity contribution in [1.82, 2.24) is 10.3 Å². The van der Waals surface area contributed by atoms with Crippen molar-refractivity contribution in [2.45, 2.75) is 513 Å². The van der Waals surface area contributed by atoms with Gasteiger partial charge in [0.25, 0.3) is 0 Å². The zero-order valence-electron chi connectivity index (χ0n) is 92.4. The van der Waals surface area contributed by atoms with Crippen molar-refractivity contribution in [2.24, 2.45) is 88.8 Å². The average Bonchev–Trinajstić information content (AvgIpc) is 1.70. The first kappa shape index (κ1) is 116. The van der Waals surface area contributed by atoms with Crippen LogP contribution in [0.15, 0.2) is 164 Å². The minimum absolute atomic E-state index is 0.299. The summed E-state index contributed by atoms with van der Waals surface area (Å²) in [5.41, 5.74) is 17.0. The van der Waals surface area contributed by atoms with E-state index in [1.807, 2.05) is 120 Å². The predicted octanol–water partition coefficient (Wildman–Crippen LogP) is 41.0. The molecule has 1 saturated heterocycles. The van der Waals surface area contributed by atoms with Gasteiger partial charge in [-0.3, -0.25) is 9.78 Å². The second-order valence-corrected chi connectivity index (χ2v) is 44.8. The molecule has 6 aromatic rings. The van der Waals surface area contributed by atoms with E-state index >= 15 is 0 Å². The Labute approximate surface area is 854 Å². The summed E-state index contributed by atoms with van der Waals surface area (Å²) in [6, 6.07) is 48.0. The number of benzene rings is 5. The molecule has 1 aromatic heterocycles. The first-order chi connectivity index (χ1) is 68.2. The Morgan fingerprint density at radius 2 is 0.616 bits per heavy atom. The summed E-state index contributed by atoms with van der Waals surface area (Å²) >= 11 is 0. The van der Waals surface area contributed by atoms with E-state index in [2.05, 4.69) is 152 Å². The van der Waals surface area contributed by atoms with Crippen LogP contribution in [0.25, 0.3) is 11.1 Å². The SMILES string of the molecule is C1=CC2CCCC(C1)CCC2.C1=CCCCC1.C1C2CC3CC1CC(C2)C3.C1CC2CC(C1)C2.C1CC2CCC1C2.C1CC2CCCC(C1)CCC2.C1CCC2CCCCC2C1.C1CCC2NCCCC2C1.CC.CC.CC.CC.CC.CC.CC1CC(=O)c2ccccc21.CC1c2ccccc2-c2ccccc21.c1ccc2c(c1)CCC2.c1ccc2c(c1)CCCC2.c1cnc2c(c1)CCCC2. The third-order valence-corrected chi connectivity index (χ3v) is 35.6. The largest absolute Gasteiger partial charge is 0.314 e. The lowest BCUT2D eigenvalue weighted by molar-refractivity contribution is 0.0198. The van der Waals surface area contributed by atoms with Crippen molar-refractivity contribution < 1.29 is 4.79 Å². The molecule has 3 heteroatoms. The highest BCUT2D eigenvalue weighted by molar-refractivity contribution is 6.01. The van der Waals surface area contributed by atoms with Gasteiger partial charge < -0.3 is 5.32 Å². The number of ketones is 1. The molecule has 24 aliphatic carbocycles. The first-order valence-corrected chi connectivity index (χ1v) is 61.1. The highest BCUT2D eigenvalue weighted by atomic mass is 16.1. The number of allylic oxidation sites excluding steroid dienone is 4. The number of Topliss-reactive ketones (excluding diaryl/α,β-unsaturated/α-hetero) is 1. The summed E-state index contributed by atoms with van der Waals surface area (Å²) in [7, 11) is 0. The van der Waals surface area contributed by atoms with Gasteiger partial charge in [0.1, 0.15) is 0 Å². The van der Waals surface area contributed by atoms with E-state index in [0.717, 1.165) is 53.0 Å². The number of hydrogen-bond donors (Lipinski definition) is 1. The van der Waals surface area contributed by atoms with Crippen LogP contribution >= 0.6 is 0 Å². The van der Waals surface area contributed by atoms with Crippen LogP contribution in [-0.2, 0) is 38.5 Å². The molecule has 3 unspecified atom stereocenters. The molecule has 770 valence electrons. The van der Waals surface area contributed by atoms with Gasteiger partial charge in [0.2, 0.25) is 0 Å². The zero-order valence-corrected chi connectivity index (χ0v) is 92.4. The molecular weight excluding hydrogens is 1670 g/mol. The van der Waals surface area contributed by atoms with Gasteiger partial charge >= 0.3 is 0 Å². The molecule has 17 fully saturated rings. The van der Waals surface area contributed by atoms with Crippen molar-refractivity contribution in [2.75, 3.05) is 6.54 Å². The third kappa shape index (κ3) is 39.7. The van der Waals surface area contributed by atoms with Crippen LogP contribution in [0.1, 0.15) is 529 Å². The number of pyridine rings is 1. The number of nitrogens with zero attached hydrogens (tertiary/aromatic N) is 1. The lowest BCUT2D eigenvalue weighted by Gasteiger charge is -2.49. The van der Waals surface area contributed by atoms with Crippen molar-refractivity contribution in [3.8, 4) is 11.1 Å². The molecular formula is C135H214N2O. The number of carbonyl (C=O) groups is 1. The maximum atomic E-state index is 11.3. The zero-order chi connectivity index (χ0) is 98.0. The van der Waals surface area contributed by atoms with Crippen LogP contribution in [-0.4, -0.2) is 23.4 Å². The normalized spacial score (nSPS) is 28.8. The van der Waals surface area contributed by atoms with Crippen LogP contribution in [0, 0.1) is 88.8 Å². The Balaban J connectivity index is 0.000000166. The van der Waals surface area contributed by atoms with Crippen LogP contribution < -0.4 is 5.32 Å². The Morgan fingerprint density at radius 3 is 1.01 bits per heavy atom. The summed E-state index contributed by atoms with van der Waals surface area (Å²) in [6.45, 7) is 29.7. The molecule has 5 aromatic carbocycles. The Bertz CT molecular complexity index is 3770. The van der Waals surface area contributed by atoms with Crippen molar-refractivity contribution in [3.63, 3.8) is 0 Å². The molecule has 25 aliphatic rings. The maximum absolute atomic E-state index is 11.3. The lowest BCUT2D eigenvalue weighted by Crippen LogP contribution is -2.42. The number of aromatic nitrogens is 1. The van der Waals surface area contributed by atoms with Gasteiger partial charge in [-0.2, -0.15) is 0 Å². The fourth-order valence-corrected chi connectivity index (χ4v) is 28.6. The average molecular weight is 1880 g/mol. The standard InChI is InChI=1S/C14H12.C11H20.C11H18.C10H10O.C10H16.C10H18.C10H12.C9H17N.C9H11N.C9H10.2C7H12.C6H10.6C2H6/c1-10-11-6-2-4-8-13(11)14-9-5-3-7-12(10)14;2*1-4-10-6-2-7-11(5-1)9-3-8-10;1-7-6-10(11)9-5-3-2-4-8(7)9;1-7-2-9-4-8(1)5-10(3-7)6-9;2*1-2-6-10-8-4-3-7-9(10)5-1;2*1-2-6-9-8(4-1)5-3-7-10-9;1-2-5-9-7-3-6-8(9)4-1;1-2-7-4-3-6(1)5-7;1-2-6-4-7(3-1)5-6;1-2-4-6-5-3-1;6*1-2/h2-10H,1H3;10-11H,1-9H2;1,4,10-11H,2-3,5-9H2;2-5,7H,6H2,1H3;7-10H,1-6H2;9-10H,1-8H2;1-2,5-6H,3-4,7-8H2;8-10H,1-7H2;3,5,7H,1-2,4,6H2;1-2,4-5H,3,6-7H2;2*6-7H,1-5H2;1-2H,3-6H2;6*1-2H3. The lowest BCUT2D eigenvalue weighted by atomic mass is 9.56. The van der Waals surface area contributed by atoms with Crippen molar-refractivity contribution >= 4 is 5.78 Å². The van der Waals surface area contributed by atoms with Gasteiger partial charge in [-0.25, -0.2) is 0 Å². The van der Waals surface area contributed by atoms with E-state index in [-0.39, 0.29) is 0 Å². The molecule has 138 heavy (non-hydrogen) atoms. The van der Waals surface area contributed by atoms with E-state index in [1.54, 1.807) is 183 Å². The molecule has 1 aliphatic heterocycles. The topological polar surface area (TPSA) is 42.0 Å². The summed E-state index contributed by atoms with van der Waals surface area (Å²) in [4.78, 5) is 15.6. The summed E-state index contributed by atoms with van der Waals surface area (Å²) < 4.78 is 0. The van der Waals surface area contributed by atoms with Crippen LogP contribution in [0.2, 0.25) is 0 Å². The Hall–Kier alpha value is -5.64. The van der Waals surface area contributed by atoms with Crippen molar-refractivity contribution in [3.05, 3.63) is 220 Å². The summed E-state index contributed by atoms with van der Waals surface area (Å²) in [6.07, 6.45) is 103. The highest BCUT2D eigenvalue weighted by Crippen LogP contribution is 2.54. The second kappa shape index (κ2) is 69.4. The van der Waals surface area contributed by atoms with Crippen LogP contribution in [0.5, 0.6) is 0 Å². The fourth-order valence-electron chi connectivity index (χ4n) is 28.6. The fraction of sp³-hybridized carbons (Fsp3) is 0.704. The van der Waals surface area contributed by atoms with Crippen LogP contribution in [0.3, 0.4) is 0 Å². The van der Waals surface area contributed by atoms with Gasteiger partial charge in [-0.1, -0.05) is 441 Å². The van der Waals surface area contributed by atoms with E-state index in [0.29, 0.717) is 24.0 Å². The van der Waals surface area contributed by atoms with Gasteiger partial charge in [0.05, 0.1) is 0 Å². The number of aryl methyl sites for hydroxylation is 6. The van der Waals surface area contributed by atoms with Gasteiger partial charge in [0.15, 0.2) is 5.78 Å². The van der Waals surface area contributed by atoms with E-state index in [9.17, 15) is 4.79 Å². The molecule has 1 N–H and O–H groups in total. The van der Waals surface area contributed by atoms with E-state index in [1.165, 1.54) is 324 Å². The number of fused-ring (bicyclic) bond motifs is 24. The minimum atomic E-state index is 0.299. The van der Waals surface area contributed by atoms with Crippen molar-refractivity contribution in [1.29, 1.82) is 0 Å². The molecule has 3 nitrogen and oxygen atoms in total. The quantitative estimate of drug-likeness (QED) is 0.154. The number of nitrogens with one attached hydrogen (secondary N) is 1. The smallest absolute Gasteiger partial charge is 0.163 e. The van der Waals surface area contributed by atoms with Gasteiger partial charge in [-0.15, -0.1) is 0 Å². The minimum Gasteiger partial charge on any atom is -0.314 e. The third-order valence-electron chi connectivity index (χ3n) is 35.6. The number of carbonyl (C=O) groups excluding carboxylic acids is 1. The number of rotatable bonds is 0. The monoisotopic (exact) mass is 1880 g/mol. The summed E-state index contributed by atoms with van der Waals surface area (Å²) in [5, 5.41) is 3.62. The Kier molecular flexibility index (Phi) is 58.3. The molecule has 16 saturated carbocycles. The van der Waals surface area contributed by atoms with Gasteiger partial charge in [0, 0.05) is 35.8 Å². The molecule has 3 atom stereocenters. The molecule has 0 spiro atoms. The number of piperidine rings is 1. The molecule has 0 radical (unpaired) electrons.